The number of hydrogen-bond acceptors (Lipinski definition) is 7. The van der Waals surface area contributed by atoms with Crippen LogP contribution in [0.3, 0.4) is 0 Å². The summed E-state index contributed by atoms with van der Waals surface area (Å²) < 4.78 is 49.1. The Morgan fingerprint density at radius 1 is 1.05 bits per heavy atom. The van der Waals surface area contributed by atoms with E-state index in [4.69, 9.17) is 4.42 Å². The Kier molecular flexibility index (Phi) is 7.57. The van der Waals surface area contributed by atoms with Crippen molar-refractivity contribution in [2.24, 2.45) is 0 Å². The first-order valence-corrected chi connectivity index (χ1v) is 13.2. The Labute approximate surface area is 234 Å². The maximum Gasteiger partial charge on any atom is 0.418 e. The van der Waals surface area contributed by atoms with E-state index >= 15 is 0 Å². The van der Waals surface area contributed by atoms with Crippen molar-refractivity contribution in [3.05, 3.63) is 76.5 Å². The van der Waals surface area contributed by atoms with Crippen LogP contribution in [0.5, 0.6) is 0 Å². The zero-order valence-corrected chi connectivity index (χ0v) is 22.8. The molecule has 2 aromatic heterocycles. The Morgan fingerprint density at radius 3 is 2.41 bits per heavy atom. The van der Waals surface area contributed by atoms with Gasteiger partial charge in [-0.3, -0.25) is 9.59 Å². The molecule has 0 bridgehead atoms. The predicted octanol–water partition coefficient (Wildman–Crippen LogP) is 4.98. The molecule has 9 nitrogen and oxygen atoms in total. The molecule has 0 saturated carbocycles. The van der Waals surface area contributed by atoms with Crippen LogP contribution in [-0.4, -0.2) is 58.3 Å². The molecule has 1 aliphatic rings. The summed E-state index contributed by atoms with van der Waals surface area (Å²) in [5.74, 6) is 0.469. The minimum Gasteiger partial charge on any atom is -0.444 e. The zero-order valence-electron chi connectivity index (χ0n) is 22.8. The lowest BCUT2D eigenvalue weighted by atomic mass is 10.0. The number of aryl methyl sites for hydroxylation is 1. The molecule has 0 unspecified atom stereocenters. The van der Waals surface area contributed by atoms with Gasteiger partial charge in [0.15, 0.2) is 12.2 Å². The van der Waals surface area contributed by atoms with Gasteiger partial charge in [0.1, 0.15) is 5.69 Å². The number of piperazine rings is 1. The van der Waals surface area contributed by atoms with Crippen LogP contribution < -0.4 is 15.8 Å². The molecular weight excluding hydrogens is 537 g/mol. The number of anilines is 2. The highest BCUT2D eigenvalue weighted by molar-refractivity contribution is 5.74. The van der Waals surface area contributed by atoms with Crippen molar-refractivity contribution in [3.8, 4) is 28.3 Å². The smallest absolute Gasteiger partial charge is 0.418 e. The monoisotopic (exact) mass is 566 g/mol. The van der Waals surface area contributed by atoms with E-state index < -0.39 is 17.3 Å². The number of benzene rings is 2. The Bertz CT molecular complexity index is 1620. The van der Waals surface area contributed by atoms with Crippen molar-refractivity contribution in [3.63, 3.8) is 0 Å². The summed E-state index contributed by atoms with van der Waals surface area (Å²) in [5, 5.41) is 7.43. The topological polar surface area (TPSA) is 96.5 Å². The van der Waals surface area contributed by atoms with E-state index in [9.17, 15) is 22.8 Å². The van der Waals surface area contributed by atoms with Gasteiger partial charge in [0, 0.05) is 56.5 Å². The lowest BCUT2D eigenvalue weighted by Gasteiger charge is -2.36. The summed E-state index contributed by atoms with van der Waals surface area (Å²) in [6.45, 7) is 7.33. The van der Waals surface area contributed by atoms with Gasteiger partial charge < -0.3 is 19.5 Å². The number of alkyl halides is 3. The van der Waals surface area contributed by atoms with Crippen LogP contribution in [0.4, 0.5) is 24.5 Å². The van der Waals surface area contributed by atoms with Crippen molar-refractivity contribution in [1.29, 1.82) is 0 Å². The first-order chi connectivity index (χ1) is 19.5. The highest BCUT2D eigenvalue weighted by Gasteiger charge is 2.35. The standard InChI is InChI=1S/C29H29F3N6O3/c1-4-34-25-15-24(20-11-18(2)12-21(13-20)27-16-33-17-41-27)35-38(28(25)40)26-14-22(5-6-23(26)29(30,31)32)37-9-7-36(8-10-37)19(3)39/h5-6,11-17,34H,4,7-10H2,1-3H3. The summed E-state index contributed by atoms with van der Waals surface area (Å²) in [6, 6.07) is 10.8. The maximum absolute atomic E-state index is 14.3. The van der Waals surface area contributed by atoms with Gasteiger partial charge in [-0.15, -0.1) is 0 Å². The Hall–Kier alpha value is -4.61. The van der Waals surface area contributed by atoms with E-state index in [1.54, 1.807) is 30.2 Å². The molecule has 3 heterocycles. The molecule has 1 fully saturated rings. The molecule has 0 spiro atoms. The number of amides is 1. The molecule has 0 atom stereocenters. The first-order valence-electron chi connectivity index (χ1n) is 13.2. The molecule has 0 aliphatic carbocycles. The Balaban J connectivity index is 1.66. The van der Waals surface area contributed by atoms with Crippen LogP contribution in [0.2, 0.25) is 0 Å². The van der Waals surface area contributed by atoms with Crippen LogP contribution in [0.15, 0.2) is 64.3 Å². The van der Waals surface area contributed by atoms with Crippen molar-refractivity contribution in [1.82, 2.24) is 19.7 Å². The number of rotatable bonds is 6. The third-order valence-corrected chi connectivity index (χ3v) is 6.97. The lowest BCUT2D eigenvalue weighted by molar-refractivity contribution is -0.137. The average Bonchev–Trinajstić information content (AvgIpc) is 3.48. The third kappa shape index (κ3) is 5.81. The van der Waals surface area contributed by atoms with Crippen molar-refractivity contribution in [2.45, 2.75) is 26.9 Å². The Morgan fingerprint density at radius 2 is 1.78 bits per heavy atom. The van der Waals surface area contributed by atoms with Gasteiger partial charge in [-0.05, 0) is 61.9 Å². The van der Waals surface area contributed by atoms with Crippen molar-refractivity contribution in [2.75, 3.05) is 42.9 Å². The van der Waals surface area contributed by atoms with Gasteiger partial charge in [-0.25, -0.2) is 4.98 Å². The molecule has 0 radical (unpaired) electrons. The molecule has 1 saturated heterocycles. The first kappa shape index (κ1) is 27.9. The molecule has 5 rings (SSSR count). The number of hydrogen-bond donors (Lipinski definition) is 1. The fourth-order valence-corrected chi connectivity index (χ4v) is 4.96. The average molecular weight is 567 g/mol. The van der Waals surface area contributed by atoms with E-state index in [-0.39, 0.29) is 17.3 Å². The number of oxazole rings is 1. The zero-order chi connectivity index (χ0) is 29.3. The van der Waals surface area contributed by atoms with Crippen LogP contribution in [0, 0.1) is 6.92 Å². The SMILES string of the molecule is CCNc1cc(-c2cc(C)cc(-c3cnco3)c2)nn(-c2cc(N3CCN(C(C)=O)CC3)ccc2C(F)(F)F)c1=O. The molecular formula is C29H29F3N6O3. The van der Waals surface area contributed by atoms with E-state index in [0.29, 0.717) is 61.0 Å². The van der Waals surface area contributed by atoms with E-state index in [1.165, 1.54) is 25.5 Å². The maximum atomic E-state index is 14.3. The second kappa shape index (κ2) is 11.1. The van der Waals surface area contributed by atoms with Crippen LogP contribution in [0.1, 0.15) is 25.0 Å². The summed E-state index contributed by atoms with van der Waals surface area (Å²) in [5.41, 5.74) is 1.03. The fraction of sp³-hybridized carbons (Fsp3) is 0.310. The molecule has 12 heteroatoms. The van der Waals surface area contributed by atoms with Gasteiger partial charge in [-0.2, -0.15) is 23.0 Å². The number of halogens is 3. The number of nitrogens with zero attached hydrogens (tertiary/aromatic N) is 5. The van der Waals surface area contributed by atoms with Crippen LogP contribution in [-0.2, 0) is 11.0 Å². The summed E-state index contributed by atoms with van der Waals surface area (Å²) >= 11 is 0. The minimum absolute atomic E-state index is 0.0519. The summed E-state index contributed by atoms with van der Waals surface area (Å²) in [6.07, 6.45) is -1.86. The molecule has 4 aromatic rings. The minimum atomic E-state index is -4.74. The van der Waals surface area contributed by atoms with Gasteiger partial charge in [0.25, 0.3) is 5.56 Å². The fourth-order valence-electron chi connectivity index (χ4n) is 4.96. The molecule has 1 aliphatic heterocycles. The predicted molar refractivity (Wildman–Crippen MR) is 149 cm³/mol. The molecule has 1 amide bonds. The number of carbonyl (C=O) groups excluding carboxylic acids is 1. The van der Waals surface area contributed by atoms with E-state index in [2.05, 4.69) is 15.4 Å². The van der Waals surface area contributed by atoms with Gasteiger partial charge in [0.2, 0.25) is 5.91 Å². The molecule has 214 valence electrons. The van der Waals surface area contributed by atoms with Crippen molar-refractivity contribution >= 4 is 17.3 Å². The highest BCUT2D eigenvalue weighted by atomic mass is 19.4. The van der Waals surface area contributed by atoms with Gasteiger partial charge >= 0.3 is 6.18 Å². The quantitative estimate of drug-likeness (QED) is 0.352. The van der Waals surface area contributed by atoms with Crippen molar-refractivity contribution < 1.29 is 22.4 Å². The second-order valence-corrected chi connectivity index (χ2v) is 9.84. The third-order valence-electron chi connectivity index (χ3n) is 6.97. The summed E-state index contributed by atoms with van der Waals surface area (Å²) in [4.78, 5) is 32.8. The van der Waals surface area contributed by atoms with E-state index in [1.807, 2.05) is 24.0 Å². The second-order valence-electron chi connectivity index (χ2n) is 9.84. The number of nitrogens with one attached hydrogen (secondary N) is 1. The molecule has 1 N–H and O–H groups in total. The van der Waals surface area contributed by atoms with Gasteiger partial charge in [0.05, 0.1) is 23.1 Å². The molecule has 41 heavy (non-hydrogen) atoms. The summed E-state index contributed by atoms with van der Waals surface area (Å²) in [7, 11) is 0. The highest BCUT2D eigenvalue weighted by Crippen LogP contribution is 2.36. The van der Waals surface area contributed by atoms with Crippen LogP contribution in [0.25, 0.3) is 28.3 Å². The van der Waals surface area contributed by atoms with Crippen LogP contribution >= 0.6 is 0 Å². The number of carbonyl (C=O) groups is 1. The lowest BCUT2D eigenvalue weighted by Crippen LogP contribution is -2.48. The molecule has 2 aromatic carbocycles. The van der Waals surface area contributed by atoms with E-state index in [0.717, 1.165) is 16.3 Å². The largest absolute Gasteiger partial charge is 0.444 e. The normalized spacial score (nSPS) is 13.9. The number of aromatic nitrogens is 3. The van der Waals surface area contributed by atoms with Gasteiger partial charge in [-0.1, -0.05) is 0 Å².